The third kappa shape index (κ3) is 4.65. The number of nitrogens with one attached hydrogen (secondary N) is 2. The number of imidazole rings is 2. The van der Waals surface area contributed by atoms with Gasteiger partial charge >= 0.3 is 0 Å². The maximum atomic E-state index is 12.6. The van der Waals surface area contributed by atoms with Gasteiger partial charge in [0.25, 0.3) is 5.91 Å². The molecule has 0 radical (unpaired) electrons. The maximum Gasteiger partial charge on any atom is 0.255 e. The minimum atomic E-state index is -0.221. The van der Waals surface area contributed by atoms with Crippen molar-refractivity contribution in [3.8, 4) is 10.6 Å². The SMILES string of the molecule is Nc1ccccc1NC(=O)c1ccc(Nc2ncc(-c3cnc4c(Cn5ccnc5)cccn34)s2)cc1. The highest BCUT2D eigenvalue weighted by Gasteiger charge is 2.13. The van der Waals surface area contributed by atoms with E-state index in [9.17, 15) is 4.79 Å². The molecule has 0 spiro atoms. The van der Waals surface area contributed by atoms with Crippen molar-refractivity contribution < 1.29 is 4.79 Å². The van der Waals surface area contributed by atoms with Crippen LogP contribution >= 0.6 is 11.3 Å². The van der Waals surface area contributed by atoms with Gasteiger partial charge < -0.3 is 20.9 Å². The van der Waals surface area contributed by atoms with Gasteiger partial charge in [0.05, 0.1) is 41.0 Å². The number of aromatic nitrogens is 5. The molecule has 0 aliphatic rings. The van der Waals surface area contributed by atoms with Gasteiger partial charge in [-0.3, -0.25) is 9.20 Å². The van der Waals surface area contributed by atoms with Crippen LogP contribution in [0.4, 0.5) is 22.2 Å². The van der Waals surface area contributed by atoms with Crippen molar-refractivity contribution in [1.29, 1.82) is 0 Å². The smallest absolute Gasteiger partial charge is 0.255 e. The van der Waals surface area contributed by atoms with Crippen molar-refractivity contribution in [2.45, 2.75) is 6.54 Å². The molecule has 0 atom stereocenters. The predicted octanol–water partition coefficient (Wildman–Crippen LogP) is 5.28. The van der Waals surface area contributed by atoms with Crippen LogP contribution in [0.5, 0.6) is 0 Å². The van der Waals surface area contributed by atoms with Gasteiger partial charge in [0.1, 0.15) is 5.65 Å². The molecule has 0 bridgehead atoms. The maximum absolute atomic E-state index is 12.6. The van der Waals surface area contributed by atoms with Gasteiger partial charge in [-0.1, -0.05) is 29.5 Å². The topological polar surface area (TPSA) is 115 Å². The molecule has 0 saturated heterocycles. The first-order valence-corrected chi connectivity index (χ1v) is 12.4. The summed E-state index contributed by atoms with van der Waals surface area (Å²) in [7, 11) is 0. The Bertz CT molecular complexity index is 1690. The first-order chi connectivity index (χ1) is 18.1. The van der Waals surface area contributed by atoms with E-state index in [1.807, 2.05) is 59.7 Å². The van der Waals surface area contributed by atoms with Crippen LogP contribution in [-0.2, 0) is 6.54 Å². The molecule has 6 rings (SSSR count). The van der Waals surface area contributed by atoms with Crippen LogP contribution in [0, 0.1) is 0 Å². The number of carbonyl (C=O) groups excluding carboxylic acids is 1. The second-order valence-electron chi connectivity index (χ2n) is 8.38. The zero-order valence-corrected chi connectivity index (χ0v) is 20.4. The number of pyridine rings is 1. The Hall–Kier alpha value is -4.96. The van der Waals surface area contributed by atoms with E-state index >= 15 is 0 Å². The fourth-order valence-electron chi connectivity index (χ4n) is 4.04. The molecule has 4 aromatic heterocycles. The monoisotopic (exact) mass is 506 g/mol. The number of rotatable bonds is 7. The molecule has 0 unspecified atom stereocenters. The number of hydrogen-bond acceptors (Lipinski definition) is 7. The lowest BCUT2D eigenvalue weighted by Crippen LogP contribution is -2.13. The van der Waals surface area contributed by atoms with E-state index in [1.165, 1.54) is 11.3 Å². The minimum Gasteiger partial charge on any atom is -0.397 e. The van der Waals surface area contributed by atoms with Crippen LogP contribution < -0.4 is 16.4 Å². The molecule has 4 N–H and O–H groups in total. The number of amides is 1. The molecular formula is C27H22N8OS. The van der Waals surface area contributed by atoms with Crippen molar-refractivity contribution in [2.24, 2.45) is 0 Å². The zero-order valence-electron chi connectivity index (χ0n) is 19.6. The number of para-hydroxylation sites is 2. The Balaban J connectivity index is 1.17. The van der Waals surface area contributed by atoms with Crippen molar-refractivity contribution in [3.05, 3.63) is 109 Å². The number of carbonyl (C=O) groups is 1. The molecule has 0 aliphatic heterocycles. The second-order valence-corrected chi connectivity index (χ2v) is 9.41. The van der Waals surface area contributed by atoms with Gasteiger partial charge in [-0.2, -0.15) is 0 Å². The molecule has 4 heterocycles. The average Bonchev–Trinajstić information content (AvgIpc) is 3.67. The van der Waals surface area contributed by atoms with Crippen LogP contribution in [0.1, 0.15) is 15.9 Å². The van der Waals surface area contributed by atoms with Crippen molar-refractivity contribution >= 4 is 45.1 Å². The molecule has 6 aromatic rings. The average molecular weight is 507 g/mol. The second kappa shape index (κ2) is 9.59. The zero-order chi connectivity index (χ0) is 25.2. The summed E-state index contributed by atoms with van der Waals surface area (Å²) in [6.45, 7) is 0.697. The summed E-state index contributed by atoms with van der Waals surface area (Å²) in [6.07, 6.45) is 11.2. The lowest BCUT2D eigenvalue weighted by Gasteiger charge is -2.08. The summed E-state index contributed by atoms with van der Waals surface area (Å²) in [4.78, 5) is 26.9. The largest absolute Gasteiger partial charge is 0.397 e. The molecule has 0 saturated carbocycles. The number of hydrogen-bond donors (Lipinski definition) is 3. The molecule has 37 heavy (non-hydrogen) atoms. The first-order valence-electron chi connectivity index (χ1n) is 11.5. The molecule has 10 heteroatoms. The van der Waals surface area contributed by atoms with Gasteiger partial charge in [0, 0.05) is 41.6 Å². The van der Waals surface area contributed by atoms with E-state index < -0.39 is 0 Å². The Morgan fingerprint density at radius 1 is 0.973 bits per heavy atom. The molecule has 0 fully saturated rings. The molecular weight excluding hydrogens is 484 g/mol. The van der Waals surface area contributed by atoms with Gasteiger partial charge in [-0.15, -0.1) is 0 Å². The first kappa shape index (κ1) is 22.5. The molecule has 182 valence electrons. The summed E-state index contributed by atoms with van der Waals surface area (Å²) < 4.78 is 4.10. The quantitative estimate of drug-likeness (QED) is 0.254. The van der Waals surface area contributed by atoms with E-state index in [0.717, 1.165) is 32.6 Å². The van der Waals surface area contributed by atoms with E-state index in [-0.39, 0.29) is 5.91 Å². The van der Waals surface area contributed by atoms with E-state index in [2.05, 4.69) is 36.1 Å². The number of fused-ring (bicyclic) bond motifs is 1. The van der Waals surface area contributed by atoms with Crippen LogP contribution in [0.15, 0.2) is 98.0 Å². The summed E-state index contributed by atoms with van der Waals surface area (Å²) in [5.74, 6) is -0.221. The van der Waals surface area contributed by atoms with E-state index in [4.69, 9.17) is 5.73 Å². The Morgan fingerprint density at radius 2 is 1.84 bits per heavy atom. The highest BCUT2D eigenvalue weighted by Crippen LogP contribution is 2.32. The van der Waals surface area contributed by atoms with Crippen molar-refractivity contribution in [3.63, 3.8) is 0 Å². The third-order valence-corrected chi connectivity index (χ3v) is 6.83. The van der Waals surface area contributed by atoms with Gasteiger partial charge in [-0.05, 0) is 42.5 Å². The Labute approximate surface area is 216 Å². The number of nitrogens with two attached hydrogens (primary N) is 1. The lowest BCUT2D eigenvalue weighted by atomic mass is 10.2. The number of anilines is 4. The van der Waals surface area contributed by atoms with Crippen molar-refractivity contribution in [1.82, 2.24) is 23.9 Å². The number of nitrogen functional groups attached to an aromatic ring is 1. The number of nitrogens with zero attached hydrogens (tertiary/aromatic N) is 5. The standard InChI is InChI=1S/C27H22N8OS/c28-21-5-1-2-6-22(21)33-26(36)18-7-9-20(10-8-18)32-27-31-15-24(37-27)23-14-30-25-19(4-3-12-35(23)25)16-34-13-11-29-17-34/h1-15,17H,16,28H2,(H,31,32)(H,33,36). The Morgan fingerprint density at radius 3 is 2.65 bits per heavy atom. The van der Waals surface area contributed by atoms with Gasteiger partial charge in [0.15, 0.2) is 5.13 Å². The van der Waals surface area contributed by atoms with Crippen LogP contribution in [0.2, 0.25) is 0 Å². The summed E-state index contributed by atoms with van der Waals surface area (Å²) in [6, 6.07) is 18.5. The van der Waals surface area contributed by atoms with E-state index in [0.29, 0.717) is 23.5 Å². The van der Waals surface area contributed by atoms with E-state index in [1.54, 1.807) is 36.8 Å². The lowest BCUT2D eigenvalue weighted by molar-refractivity contribution is 0.102. The molecule has 2 aromatic carbocycles. The number of benzene rings is 2. The third-order valence-electron chi connectivity index (χ3n) is 5.89. The summed E-state index contributed by atoms with van der Waals surface area (Å²) in [5, 5.41) is 6.90. The van der Waals surface area contributed by atoms with Crippen LogP contribution in [0.25, 0.3) is 16.2 Å². The predicted molar refractivity (Wildman–Crippen MR) is 146 cm³/mol. The van der Waals surface area contributed by atoms with Crippen LogP contribution in [0.3, 0.4) is 0 Å². The fourth-order valence-corrected chi connectivity index (χ4v) is 4.88. The Kier molecular flexibility index (Phi) is 5.83. The summed E-state index contributed by atoms with van der Waals surface area (Å²) >= 11 is 1.53. The normalized spacial score (nSPS) is 11.0. The highest BCUT2D eigenvalue weighted by molar-refractivity contribution is 7.18. The summed E-state index contributed by atoms with van der Waals surface area (Å²) in [5.41, 5.74) is 11.4. The fraction of sp³-hybridized carbons (Fsp3) is 0.0370. The minimum absolute atomic E-state index is 0.221. The molecule has 0 aliphatic carbocycles. The molecule has 9 nitrogen and oxygen atoms in total. The highest BCUT2D eigenvalue weighted by atomic mass is 32.1. The van der Waals surface area contributed by atoms with Gasteiger partial charge in [0.2, 0.25) is 0 Å². The van der Waals surface area contributed by atoms with Crippen LogP contribution in [-0.4, -0.2) is 29.8 Å². The number of thiazole rings is 1. The van der Waals surface area contributed by atoms with Crippen molar-refractivity contribution in [2.75, 3.05) is 16.4 Å². The van der Waals surface area contributed by atoms with Gasteiger partial charge in [-0.25, -0.2) is 15.0 Å². The molecule has 1 amide bonds.